The van der Waals surface area contributed by atoms with Crippen molar-refractivity contribution in [3.63, 3.8) is 0 Å². The van der Waals surface area contributed by atoms with Gasteiger partial charge in [-0.05, 0) is 25.7 Å². The molecule has 5 heteroatoms. The van der Waals surface area contributed by atoms with E-state index in [1.165, 1.54) is 12.8 Å². The molecule has 1 atom stereocenters. The van der Waals surface area contributed by atoms with Gasteiger partial charge >= 0.3 is 0 Å². The molecule has 15 heavy (non-hydrogen) atoms. The van der Waals surface area contributed by atoms with Crippen LogP contribution in [0.3, 0.4) is 0 Å². The van der Waals surface area contributed by atoms with E-state index in [0.717, 1.165) is 6.54 Å². The monoisotopic (exact) mass is 211 g/mol. The third-order valence-corrected chi connectivity index (χ3v) is 3.18. The predicted molar refractivity (Wildman–Crippen MR) is 54.7 cm³/mol. The fraction of sp³-hybridized carbons (Fsp3) is 0.800. The van der Waals surface area contributed by atoms with Crippen molar-refractivity contribution in [1.82, 2.24) is 9.80 Å². The van der Waals surface area contributed by atoms with Crippen molar-refractivity contribution in [2.24, 2.45) is 11.7 Å². The second-order valence-corrected chi connectivity index (χ2v) is 4.53. The van der Waals surface area contributed by atoms with Crippen molar-refractivity contribution >= 4 is 11.8 Å². The fourth-order valence-corrected chi connectivity index (χ4v) is 1.83. The summed E-state index contributed by atoms with van der Waals surface area (Å²) in [6.45, 7) is 3.48. The zero-order valence-electron chi connectivity index (χ0n) is 8.98. The highest BCUT2D eigenvalue weighted by molar-refractivity contribution is 5.83. The van der Waals surface area contributed by atoms with Gasteiger partial charge in [-0.3, -0.25) is 14.5 Å². The van der Waals surface area contributed by atoms with Crippen LogP contribution < -0.4 is 5.73 Å². The summed E-state index contributed by atoms with van der Waals surface area (Å²) in [5, 5.41) is 0. The van der Waals surface area contributed by atoms with Crippen LogP contribution in [0.4, 0.5) is 0 Å². The number of hydrogen-bond acceptors (Lipinski definition) is 3. The number of carbonyl (C=O) groups is 2. The molecule has 2 rings (SSSR count). The average Bonchev–Trinajstić information content (AvgIpc) is 2.90. The van der Waals surface area contributed by atoms with Crippen molar-refractivity contribution in [1.29, 1.82) is 0 Å². The summed E-state index contributed by atoms with van der Waals surface area (Å²) in [6, 6.07) is -0.349. The molecule has 0 radical (unpaired) electrons. The molecule has 0 aromatic carbocycles. The third kappa shape index (κ3) is 2.28. The Balaban J connectivity index is 1.90. The molecule has 0 aromatic rings. The highest BCUT2D eigenvalue weighted by Gasteiger charge is 2.35. The Labute approximate surface area is 89.2 Å². The molecule has 2 amide bonds. The van der Waals surface area contributed by atoms with E-state index < -0.39 is 0 Å². The first-order chi connectivity index (χ1) is 7.08. The van der Waals surface area contributed by atoms with Crippen molar-refractivity contribution in [2.45, 2.75) is 25.8 Å². The summed E-state index contributed by atoms with van der Waals surface area (Å²) in [5.41, 5.74) is 5.21. The van der Waals surface area contributed by atoms with E-state index in [2.05, 4.69) is 0 Å². The zero-order valence-corrected chi connectivity index (χ0v) is 8.98. The number of rotatable bonds is 4. The molecular weight excluding hydrogens is 194 g/mol. The highest BCUT2D eigenvalue weighted by Crippen LogP contribution is 2.30. The Kier molecular flexibility index (Phi) is 2.65. The fourth-order valence-electron chi connectivity index (χ4n) is 1.83. The Morgan fingerprint density at radius 1 is 1.60 bits per heavy atom. The van der Waals surface area contributed by atoms with Gasteiger partial charge in [0.05, 0.1) is 19.3 Å². The van der Waals surface area contributed by atoms with Crippen molar-refractivity contribution in [3.05, 3.63) is 0 Å². The van der Waals surface area contributed by atoms with E-state index >= 15 is 0 Å². The molecule has 1 heterocycles. The zero-order chi connectivity index (χ0) is 11.0. The maximum absolute atomic E-state index is 11.6. The highest BCUT2D eigenvalue weighted by atomic mass is 16.2. The van der Waals surface area contributed by atoms with Gasteiger partial charge < -0.3 is 10.6 Å². The first-order valence-electron chi connectivity index (χ1n) is 5.39. The van der Waals surface area contributed by atoms with Gasteiger partial charge in [0.1, 0.15) is 0 Å². The lowest BCUT2D eigenvalue weighted by atomic mass is 10.3. The second-order valence-electron chi connectivity index (χ2n) is 4.53. The molecule has 2 fully saturated rings. The number of primary amides is 1. The van der Waals surface area contributed by atoms with Gasteiger partial charge in [0.2, 0.25) is 11.8 Å². The molecule has 1 aliphatic carbocycles. The standard InChI is InChI=1S/C10H17N3O2/c1-7(10(11)15)12-5-9(14)13(6-12)4-8-2-3-8/h7-8H,2-6H2,1H3,(H2,11,15). The average molecular weight is 211 g/mol. The molecule has 2 N–H and O–H groups in total. The molecule has 0 bridgehead atoms. The van der Waals surface area contributed by atoms with Gasteiger partial charge in [-0.2, -0.15) is 0 Å². The lowest BCUT2D eigenvalue weighted by Gasteiger charge is -2.21. The van der Waals surface area contributed by atoms with Crippen LogP contribution in [0.25, 0.3) is 0 Å². The first-order valence-corrected chi connectivity index (χ1v) is 5.39. The molecule has 1 unspecified atom stereocenters. The van der Waals surface area contributed by atoms with E-state index in [4.69, 9.17) is 5.73 Å². The van der Waals surface area contributed by atoms with Crippen LogP contribution in [0, 0.1) is 5.92 Å². The summed E-state index contributed by atoms with van der Waals surface area (Å²) in [4.78, 5) is 26.2. The van der Waals surface area contributed by atoms with Gasteiger partial charge in [-0.25, -0.2) is 0 Å². The molecule has 0 aromatic heterocycles. The summed E-state index contributed by atoms with van der Waals surface area (Å²) < 4.78 is 0. The molecule has 84 valence electrons. The van der Waals surface area contributed by atoms with Crippen LogP contribution in [0.1, 0.15) is 19.8 Å². The summed E-state index contributed by atoms with van der Waals surface area (Å²) in [5.74, 6) is 0.448. The van der Waals surface area contributed by atoms with E-state index in [9.17, 15) is 9.59 Å². The van der Waals surface area contributed by atoms with Crippen LogP contribution in [0.2, 0.25) is 0 Å². The van der Waals surface area contributed by atoms with Crippen LogP contribution in [0.15, 0.2) is 0 Å². The van der Waals surface area contributed by atoms with Crippen molar-refractivity contribution in [3.8, 4) is 0 Å². The summed E-state index contributed by atoms with van der Waals surface area (Å²) >= 11 is 0. The molecule has 0 spiro atoms. The lowest BCUT2D eigenvalue weighted by molar-refractivity contribution is -0.126. The number of nitrogens with two attached hydrogens (primary N) is 1. The van der Waals surface area contributed by atoms with Crippen LogP contribution >= 0.6 is 0 Å². The topological polar surface area (TPSA) is 66.6 Å². The van der Waals surface area contributed by atoms with Crippen molar-refractivity contribution < 1.29 is 9.59 Å². The summed E-state index contributed by atoms with van der Waals surface area (Å²) in [7, 11) is 0. The molecule has 5 nitrogen and oxygen atoms in total. The third-order valence-electron chi connectivity index (χ3n) is 3.18. The quantitative estimate of drug-likeness (QED) is 0.673. The predicted octanol–water partition coefficient (Wildman–Crippen LogP) is -0.628. The van der Waals surface area contributed by atoms with E-state index in [1.54, 1.807) is 6.92 Å². The summed E-state index contributed by atoms with van der Waals surface area (Å²) in [6.07, 6.45) is 2.46. The largest absolute Gasteiger partial charge is 0.368 e. The Morgan fingerprint density at radius 2 is 2.27 bits per heavy atom. The smallest absolute Gasteiger partial charge is 0.237 e. The number of carbonyl (C=O) groups excluding carboxylic acids is 2. The van der Waals surface area contributed by atoms with Gasteiger partial charge in [0.25, 0.3) is 0 Å². The van der Waals surface area contributed by atoms with Gasteiger partial charge in [0, 0.05) is 6.54 Å². The molecule has 2 aliphatic rings. The van der Waals surface area contributed by atoms with Crippen LogP contribution in [-0.2, 0) is 9.59 Å². The maximum Gasteiger partial charge on any atom is 0.237 e. The molecular formula is C10H17N3O2. The van der Waals surface area contributed by atoms with E-state index in [0.29, 0.717) is 19.1 Å². The van der Waals surface area contributed by atoms with Crippen molar-refractivity contribution in [2.75, 3.05) is 19.8 Å². The molecule has 1 saturated heterocycles. The van der Waals surface area contributed by atoms with Crippen LogP contribution in [0.5, 0.6) is 0 Å². The maximum atomic E-state index is 11.6. The minimum atomic E-state index is -0.365. The molecule has 1 saturated carbocycles. The SMILES string of the molecule is CC(C(N)=O)N1CC(=O)N(CC2CC2)C1. The number of hydrogen-bond donors (Lipinski definition) is 1. The normalized spacial score (nSPS) is 24.6. The van der Waals surface area contributed by atoms with Crippen LogP contribution in [-0.4, -0.2) is 47.4 Å². The van der Waals surface area contributed by atoms with Gasteiger partial charge in [0.15, 0.2) is 0 Å². The minimum Gasteiger partial charge on any atom is -0.368 e. The first kappa shape index (κ1) is 10.4. The Hall–Kier alpha value is -1.10. The second kappa shape index (κ2) is 3.81. The lowest BCUT2D eigenvalue weighted by Crippen LogP contribution is -2.42. The van der Waals surface area contributed by atoms with E-state index in [1.807, 2.05) is 9.80 Å². The van der Waals surface area contributed by atoms with Gasteiger partial charge in [-0.1, -0.05) is 0 Å². The molecule has 1 aliphatic heterocycles. The minimum absolute atomic E-state index is 0.120. The number of nitrogens with zero attached hydrogens (tertiary/aromatic N) is 2. The Morgan fingerprint density at radius 3 is 2.80 bits per heavy atom. The number of amides is 2. The van der Waals surface area contributed by atoms with E-state index in [-0.39, 0.29) is 17.9 Å². The Bertz CT molecular complexity index is 288. The van der Waals surface area contributed by atoms with Gasteiger partial charge in [-0.15, -0.1) is 0 Å².